The fraction of sp³-hybridized carbons (Fsp3) is 0.357. The number of aliphatic hydroxyl groups excluding tert-OH is 1. The average Bonchev–Trinajstić information content (AvgIpc) is 2.95. The van der Waals surface area contributed by atoms with E-state index in [9.17, 15) is 41.0 Å². The molecule has 13 heteroatoms. The first-order valence-corrected chi connectivity index (χ1v) is 14.6. The molecular weight excluding hydrogens is 588 g/mol. The first kappa shape index (κ1) is 29.4. The van der Waals surface area contributed by atoms with Gasteiger partial charge in [-0.3, -0.25) is 4.79 Å². The van der Waals surface area contributed by atoms with Crippen molar-refractivity contribution in [2.24, 2.45) is 17.8 Å². The maximum atomic E-state index is 13.7. The summed E-state index contributed by atoms with van der Waals surface area (Å²) >= 11 is 6.25. The second-order valence-electron chi connectivity index (χ2n) is 10.5. The van der Waals surface area contributed by atoms with Gasteiger partial charge in [0.2, 0.25) is 0 Å². The molecule has 1 heterocycles. The molecule has 1 aromatic heterocycles. The largest absolute Gasteiger partial charge is 0.386 e. The van der Waals surface area contributed by atoms with Crippen LogP contribution in [0.4, 0.5) is 23.2 Å². The number of rotatable bonds is 7. The molecule has 0 aliphatic heterocycles. The summed E-state index contributed by atoms with van der Waals surface area (Å²) in [6, 6.07) is 10.1. The van der Waals surface area contributed by atoms with Crippen molar-refractivity contribution in [2.45, 2.75) is 48.0 Å². The quantitative estimate of drug-likeness (QED) is 0.304. The fourth-order valence-corrected chi connectivity index (χ4v) is 8.56. The number of halogens is 5. The van der Waals surface area contributed by atoms with Crippen molar-refractivity contribution in [3.8, 4) is 0 Å². The van der Waals surface area contributed by atoms with Gasteiger partial charge >= 0.3 is 0 Å². The van der Waals surface area contributed by atoms with Gasteiger partial charge in [0.05, 0.1) is 20.9 Å². The van der Waals surface area contributed by atoms with Crippen molar-refractivity contribution in [3.05, 3.63) is 88.2 Å². The predicted molar refractivity (Wildman–Crippen MR) is 141 cm³/mol. The second-order valence-corrected chi connectivity index (χ2v) is 13.1. The fourth-order valence-electron chi connectivity index (χ4n) is 6.21. The summed E-state index contributed by atoms with van der Waals surface area (Å²) in [6.45, 7) is 1.82. The number of sulfone groups is 1. The lowest BCUT2D eigenvalue weighted by atomic mass is 9.46. The van der Waals surface area contributed by atoms with E-state index in [1.807, 2.05) is 6.92 Å². The standard InChI is InChI=1S/C28H25ClF4N2O5S/c1-13-17-11-16(12-18(13)28(17,38)25(36)22-3-2-4-23(35-22)26(32)33)41(39,40)24-9-14(5-7-19(24)29)27(37)34-15-6-8-20(30)21(31)10-15/h2-10,13,16-18,25-26,36,38H,11-12H2,1H3,(H,34,37)/t13-,16?,17?,18?,25?,28+. The molecule has 3 fully saturated rings. The van der Waals surface area contributed by atoms with Gasteiger partial charge < -0.3 is 15.5 Å². The molecule has 0 spiro atoms. The highest BCUT2D eigenvalue weighted by atomic mass is 35.5. The van der Waals surface area contributed by atoms with Crippen LogP contribution in [0, 0.1) is 29.4 Å². The second kappa shape index (κ2) is 10.6. The van der Waals surface area contributed by atoms with Crippen molar-refractivity contribution in [1.82, 2.24) is 4.98 Å². The lowest BCUT2D eigenvalue weighted by Crippen LogP contribution is -2.69. The number of nitrogens with zero attached hydrogens (tertiary/aromatic N) is 1. The number of fused-ring (bicyclic) bond motifs is 2. The highest BCUT2D eigenvalue weighted by Gasteiger charge is 2.67. The van der Waals surface area contributed by atoms with Gasteiger partial charge in [0.15, 0.2) is 21.5 Å². The third-order valence-corrected chi connectivity index (χ3v) is 11.0. The van der Waals surface area contributed by atoms with E-state index in [-0.39, 0.29) is 45.6 Å². The Balaban J connectivity index is 1.38. The van der Waals surface area contributed by atoms with Crippen LogP contribution in [0.15, 0.2) is 59.5 Å². The molecular formula is C28H25ClF4N2O5S. The number of nitrogens with one attached hydrogen (secondary N) is 1. The molecule has 0 saturated heterocycles. The molecule has 6 rings (SSSR count). The summed E-state index contributed by atoms with van der Waals surface area (Å²) in [5.74, 6) is -4.59. The number of hydrogen-bond acceptors (Lipinski definition) is 6. The van der Waals surface area contributed by atoms with Crippen molar-refractivity contribution in [2.75, 3.05) is 5.32 Å². The molecule has 3 aliphatic rings. The van der Waals surface area contributed by atoms with Crippen LogP contribution in [0.3, 0.4) is 0 Å². The maximum absolute atomic E-state index is 13.7. The van der Waals surface area contributed by atoms with E-state index in [2.05, 4.69) is 10.3 Å². The Hall–Kier alpha value is -3.06. The number of aliphatic hydroxyl groups is 2. The number of anilines is 1. The number of benzene rings is 2. The van der Waals surface area contributed by atoms with E-state index in [4.69, 9.17) is 11.6 Å². The molecule has 3 unspecified atom stereocenters. The zero-order valence-electron chi connectivity index (χ0n) is 21.4. The number of amides is 1. The molecule has 7 nitrogen and oxygen atoms in total. The Bertz CT molecular complexity index is 1610. The normalized spacial score (nSPS) is 26.4. The van der Waals surface area contributed by atoms with Crippen molar-refractivity contribution < 1.29 is 41.0 Å². The molecule has 3 atom stereocenters. The van der Waals surface area contributed by atoms with Crippen LogP contribution >= 0.6 is 11.6 Å². The van der Waals surface area contributed by atoms with Crippen molar-refractivity contribution >= 4 is 33.0 Å². The van der Waals surface area contributed by atoms with Crippen LogP contribution in [-0.4, -0.2) is 40.4 Å². The third kappa shape index (κ3) is 5.00. The molecule has 0 radical (unpaired) electrons. The van der Waals surface area contributed by atoms with E-state index in [1.165, 1.54) is 24.3 Å². The van der Waals surface area contributed by atoms with E-state index >= 15 is 0 Å². The summed E-state index contributed by atoms with van der Waals surface area (Å²) in [5, 5.41) is 23.8. The summed E-state index contributed by atoms with van der Waals surface area (Å²) in [5.41, 5.74) is -2.58. The zero-order chi connectivity index (χ0) is 29.9. The number of carbonyl (C=O) groups excluding carboxylic acids is 1. The first-order valence-electron chi connectivity index (χ1n) is 12.7. The molecule has 2 aromatic carbocycles. The van der Waals surface area contributed by atoms with E-state index in [0.717, 1.165) is 30.3 Å². The van der Waals surface area contributed by atoms with E-state index in [1.54, 1.807) is 0 Å². The van der Waals surface area contributed by atoms with Gasteiger partial charge in [0.1, 0.15) is 17.4 Å². The molecule has 41 heavy (non-hydrogen) atoms. The Labute approximate surface area is 238 Å². The van der Waals surface area contributed by atoms with Gasteiger partial charge in [-0.05, 0) is 73.1 Å². The summed E-state index contributed by atoms with van der Waals surface area (Å²) in [4.78, 5) is 16.2. The number of carbonyl (C=O) groups is 1. The lowest BCUT2D eigenvalue weighted by molar-refractivity contribution is -0.266. The Morgan fingerprint density at radius 2 is 1.71 bits per heavy atom. The predicted octanol–water partition coefficient (Wildman–Crippen LogP) is 5.49. The average molecular weight is 613 g/mol. The molecule has 2 bridgehead atoms. The Morgan fingerprint density at radius 3 is 2.34 bits per heavy atom. The minimum absolute atomic E-state index is 0.0407. The van der Waals surface area contributed by atoms with Crippen molar-refractivity contribution in [1.29, 1.82) is 0 Å². The molecule has 3 saturated carbocycles. The van der Waals surface area contributed by atoms with E-state index in [0.29, 0.717) is 0 Å². The SMILES string of the molecule is C[C@H]1C2CC(S(=O)(=O)c3cc(C(=O)Nc4ccc(F)c(F)c4)ccc3Cl)CC1[C@@]2(O)C(O)c1cccc(C(F)F)n1. The maximum Gasteiger partial charge on any atom is 0.280 e. The smallest absolute Gasteiger partial charge is 0.280 e. The van der Waals surface area contributed by atoms with Crippen LogP contribution < -0.4 is 5.32 Å². The van der Waals surface area contributed by atoms with Crippen LogP contribution in [0.25, 0.3) is 0 Å². The number of aromatic nitrogens is 1. The van der Waals surface area contributed by atoms with Crippen LogP contribution in [0.1, 0.15) is 54.0 Å². The molecule has 3 aliphatic carbocycles. The zero-order valence-corrected chi connectivity index (χ0v) is 23.0. The number of alkyl halides is 2. The van der Waals surface area contributed by atoms with Gasteiger partial charge in [0, 0.05) is 17.3 Å². The first-order chi connectivity index (χ1) is 19.2. The van der Waals surface area contributed by atoms with Crippen LogP contribution in [0.5, 0.6) is 0 Å². The lowest BCUT2D eigenvalue weighted by Gasteiger charge is -2.64. The van der Waals surface area contributed by atoms with Crippen molar-refractivity contribution in [3.63, 3.8) is 0 Å². The monoisotopic (exact) mass is 612 g/mol. The highest BCUT2D eigenvalue weighted by Crippen LogP contribution is 2.63. The molecule has 3 aromatic rings. The summed E-state index contributed by atoms with van der Waals surface area (Å²) in [7, 11) is -4.15. The van der Waals surface area contributed by atoms with Gasteiger partial charge in [-0.25, -0.2) is 31.0 Å². The van der Waals surface area contributed by atoms with Gasteiger partial charge in [-0.1, -0.05) is 24.6 Å². The Kier molecular flexibility index (Phi) is 7.64. The summed E-state index contributed by atoms with van der Waals surface area (Å²) < 4.78 is 80.5. The number of hydrogen-bond donors (Lipinski definition) is 3. The Morgan fingerprint density at radius 1 is 1.05 bits per heavy atom. The minimum Gasteiger partial charge on any atom is -0.386 e. The molecule has 1 amide bonds. The van der Waals surface area contributed by atoms with E-state index < -0.39 is 68.3 Å². The van der Waals surface area contributed by atoms with Crippen LogP contribution in [0.2, 0.25) is 5.02 Å². The van der Waals surface area contributed by atoms with Gasteiger partial charge in [-0.15, -0.1) is 0 Å². The summed E-state index contributed by atoms with van der Waals surface area (Å²) in [6.07, 6.45) is -4.58. The van der Waals surface area contributed by atoms with Gasteiger partial charge in [0.25, 0.3) is 12.3 Å². The minimum atomic E-state index is -4.15. The molecule has 218 valence electrons. The third-order valence-electron chi connectivity index (χ3n) is 8.34. The number of pyridine rings is 1. The van der Waals surface area contributed by atoms with Crippen LogP contribution in [-0.2, 0) is 9.84 Å². The topological polar surface area (TPSA) is 117 Å². The highest BCUT2D eigenvalue weighted by molar-refractivity contribution is 7.92. The molecule has 3 N–H and O–H groups in total. The van der Waals surface area contributed by atoms with Gasteiger partial charge in [-0.2, -0.15) is 0 Å².